The lowest BCUT2D eigenvalue weighted by Gasteiger charge is -2.31. The molecule has 0 aromatic heterocycles. The quantitative estimate of drug-likeness (QED) is 0.151. The SMILES string of the molecule is CCCCCCC1CCC(C(=O)OC2CCC(CC/C=C/C=C(F)C#N)CC2)CC1. The summed E-state index contributed by atoms with van der Waals surface area (Å²) in [5, 5.41) is 8.36. The van der Waals surface area contributed by atoms with Gasteiger partial charge < -0.3 is 4.74 Å². The molecular formula is C26H40FNO2. The number of hydrogen-bond acceptors (Lipinski definition) is 3. The number of halogens is 1. The molecule has 0 aromatic carbocycles. The molecular weight excluding hydrogens is 377 g/mol. The van der Waals surface area contributed by atoms with Crippen LogP contribution in [0.4, 0.5) is 4.39 Å². The first-order valence-electron chi connectivity index (χ1n) is 12.2. The van der Waals surface area contributed by atoms with Gasteiger partial charge >= 0.3 is 5.97 Å². The second-order valence-electron chi connectivity index (χ2n) is 9.28. The Bertz CT molecular complexity index is 591. The van der Waals surface area contributed by atoms with Gasteiger partial charge in [0.1, 0.15) is 12.2 Å². The molecule has 0 heterocycles. The molecule has 0 aromatic rings. The van der Waals surface area contributed by atoms with Gasteiger partial charge in [-0.3, -0.25) is 4.79 Å². The normalized spacial score (nSPS) is 27.7. The molecule has 2 aliphatic rings. The molecule has 2 fully saturated rings. The lowest BCUT2D eigenvalue weighted by Crippen LogP contribution is -2.30. The maximum absolute atomic E-state index is 12.7. The van der Waals surface area contributed by atoms with Crippen molar-refractivity contribution in [1.82, 2.24) is 0 Å². The van der Waals surface area contributed by atoms with Crippen molar-refractivity contribution >= 4 is 5.97 Å². The number of unbranched alkanes of at least 4 members (excludes halogenated alkanes) is 3. The van der Waals surface area contributed by atoms with Crippen molar-refractivity contribution in [3.63, 3.8) is 0 Å². The Balaban J connectivity index is 1.57. The molecule has 0 N–H and O–H groups in total. The van der Waals surface area contributed by atoms with Gasteiger partial charge in [-0.25, -0.2) is 0 Å². The maximum atomic E-state index is 12.7. The molecule has 168 valence electrons. The largest absolute Gasteiger partial charge is 0.462 e. The van der Waals surface area contributed by atoms with Crippen LogP contribution in [0.1, 0.15) is 103 Å². The lowest BCUT2D eigenvalue weighted by molar-refractivity contribution is -0.157. The molecule has 30 heavy (non-hydrogen) atoms. The van der Waals surface area contributed by atoms with E-state index < -0.39 is 5.83 Å². The topological polar surface area (TPSA) is 50.1 Å². The van der Waals surface area contributed by atoms with Gasteiger partial charge in [0, 0.05) is 0 Å². The minimum atomic E-state index is -0.756. The highest BCUT2D eigenvalue weighted by molar-refractivity contribution is 5.72. The van der Waals surface area contributed by atoms with Crippen LogP contribution in [0.2, 0.25) is 0 Å². The van der Waals surface area contributed by atoms with Crippen molar-refractivity contribution in [2.45, 2.75) is 109 Å². The van der Waals surface area contributed by atoms with E-state index in [9.17, 15) is 9.18 Å². The number of carbonyl (C=O) groups excluding carboxylic acids is 1. The first kappa shape index (κ1) is 24.6. The fourth-order valence-corrected chi connectivity index (χ4v) is 4.96. The van der Waals surface area contributed by atoms with Crippen LogP contribution in [0.15, 0.2) is 24.1 Å². The molecule has 0 saturated heterocycles. The van der Waals surface area contributed by atoms with Gasteiger partial charge in [-0.1, -0.05) is 51.2 Å². The van der Waals surface area contributed by atoms with Gasteiger partial charge in [0.15, 0.2) is 5.83 Å². The Morgan fingerprint density at radius 3 is 2.33 bits per heavy atom. The monoisotopic (exact) mass is 417 g/mol. The number of esters is 1. The van der Waals surface area contributed by atoms with Crippen LogP contribution in [0.25, 0.3) is 0 Å². The third kappa shape index (κ3) is 9.45. The van der Waals surface area contributed by atoms with Crippen LogP contribution in [-0.4, -0.2) is 12.1 Å². The van der Waals surface area contributed by atoms with Gasteiger partial charge in [0.25, 0.3) is 0 Å². The van der Waals surface area contributed by atoms with E-state index in [1.54, 1.807) is 6.08 Å². The summed E-state index contributed by atoms with van der Waals surface area (Å²) in [5.74, 6) is 0.896. The number of nitriles is 1. The molecule has 2 rings (SSSR count). The van der Waals surface area contributed by atoms with Crippen molar-refractivity contribution < 1.29 is 13.9 Å². The molecule has 2 aliphatic carbocycles. The second kappa shape index (κ2) is 14.4. The van der Waals surface area contributed by atoms with Crippen LogP contribution < -0.4 is 0 Å². The third-order valence-corrected chi connectivity index (χ3v) is 6.95. The summed E-state index contributed by atoms with van der Waals surface area (Å²) < 4.78 is 18.6. The Morgan fingerprint density at radius 2 is 1.67 bits per heavy atom. The predicted molar refractivity (Wildman–Crippen MR) is 119 cm³/mol. The Hall–Kier alpha value is -1.63. The van der Waals surface area contributed by atoms with E-state index in [1.807, 2.05) is 6.08 Å². The maximum Gasteiger partial charge on any atom is 0.309 e. The highest BCUT2D eigenvalue weighted by atomic mass is 19.1. The summed E-state index contributed by atoms with van der Waals surface area (Å²) in [6, 6.07) is 1.47. The van der Waals surface area contributed by atoms with Gasteiger partial charge in [-0.15, -0.1) is 0 Å². The fourth-order valence-electron chi connectivity index (χ4n) is 4.96. The van der Waals surface area contributed by atoms with E-state index in [-0.39, 0.29) is 18.0 Å². The summed E-state index contributed by atoms with van der Waals surface area (Å²) in [4.78, 5) is 12.6. The van der Waals surface area contributed by atoms with Crippen molar-refractivity contribution in [1.29, 1.82) is 5.26 Å². The Kier molecular flexibility index (Phi) is 11.8. The molecule has 0 unspecified atom stereocenters. The molecule has 0 aliphatic heterocycles. The van der Waals surface area contributed by atoms with Gasteiger partial charge in [-0.2, -0.15) is 9.65 Å². The number of carbonyl (C=O) groups is 1. The summed E-state index contributed by atoms with van der Waals surface area (Å²) in [6.45, 7) is 2.25. The number of nitrogens with zero attached hydrogens (tertiary/aromatic N) is 1. The summed E-state index contributed by atoms with van der Waals surface area (Å²) in [5.41, 5.74) is 0. The molecule has 0 atom stereocenters. The summed E-state index contributed by atoms with van der Waals surface area (Å²) in [6.07, 6.45) is 22.0. The van der Waals surface area contributed by atoms with Gasteiger partial charge in [0.05, 0.1) is 5.92 Å². The van der Waals surface area contributed by atoms with Crippen molar-refractivity contribution in [2.75, 3.05) is 0 Å². The van der Waals surface area contributed by atoms with Gasteiger partial charge in [-0.05, 0) is 82.1 Å². The highest BCUT2D eigenvalue weighted by Gasteiger charge is 2.30. The third-order valence-electron chi connectivity index (χ3n) is 6.95. The zero-order valence-electron chi connectivity index (χ0n) is 18.8. The average molecular weight is 418 g/mol. The Morgan fingerprint density at radius 1 is 1.00 bits per heavy atom. The minimum absolute atomic E-state index is 0.0529. The van der Waals surface area contributed by atoms with E-state index in [0.29, 0.717) is 5.92 Å². The van der Waals surface area contributed by atoms with Crippen LogP contribution in [0.5, 0.6) is 0 Å². The summed E-state index contributed by atoms with van der Waals surface area (Å²) in [7, 11) is 0. The van der Waals surface area contributed by atoms with Crippen molar-refractivity contribution in [3.05, 3.63) is 24.1 Å². The van der Waals surface area contributed by atoms with E-state index in [2.05, 4.69) is 6.92 Å². The standard InChI is InChI=1S/C26H40FNO2/c1-2-3-4-6-9-21-12-16-23(17-13-21)26(29)30-25-18-14-22(15-19-25)10-7-5-8-11-24(27)20-28/h5,8,11,21-23,25H,2-4,6-7,9-10,12-19H2,1H3/b8-5+,24-11?. The zero-order valence-corrected chi connectivity index (χ0v) is 18.8. The molecule has 0 radical (unpaired) electrons. The van der Waals surface area contributed by atoms with Crippen LogP contribution >= 0.6 is 0 Å². The summed E-state index contributed by atoms with van der Waals surface area (Å²) >= 11 is 0. The van der Waals surface area contributed by atoms with E-state index in [1.165, 1.54) is 57.1 Å². The first-order valence-corrected chi connectivity index (χ1v) is 12.2. The van der Waals surface area contributed by atoms with Crippen LogP contribution in [0, 0.1) is 29.1 Å². The number of rotatable bonds is 11. The minimum Gasteiger partial charge on any atom is -0.462 e. The molecule has 4 heteroatoms. The Labute approximate surface area is 182 Å². The molecule has 0 spiro atoms. The second-order valence-corrected chi connectivity index (χ2v) is 9.28. The predicted octanol–water partition coefficient (Wildman–Crippen LogP) is 7.58. The smallest absolute Gasteiger partial charge is 0.309 e. The molecule has 3 nitrogen and oxygen atoms in total. The molecule has 2 saturated carbocycles. The first-order chi connectivity index (χ1) is 14.6. The van der Waals surface area contributed by atoms with E-state index >= 15 is 0 Å². The lowest BCUT2D eigenvalue weighted by atomic mass is 9.79. The van der Waals surface area contributed by atoms with Crippen molar-refractivity contribution in [2.24, 2.45) is 17.8 Å². The van der Waals surface area contributed by atoms with E-state index in [0.717, 1.165) is 57.3 Å². The molecule has 0 bridgehead atoms. The van der Waals surface area contributed by atoms with Gasteiger partial charge in [0.2, 0.25) is 0 Å². The van der Waals surface area contributed by atoms with Crippen LogP contribution in [0.3, 0.4) is 0 Å². The van der Waals surface area contributed by atoms with E-state index in [4.69, 9.17) is 10.00 Å². The number of hydrogen-bond donors (Lipinski definition) is 0. The van der Waals surface area contributed by atoms with Crippen molar-refractivity contribution in [3.8, 4) is 6.07 Å². The number of ether oxygens (including phenoxy) is 1. The number of allylic oxidation sites excluding steroid dienone is 4. The molecule has 0 amide bonds. The highest BCUT2D eigenvalue weighted by Crippen LogP contribution is 2.34. The average Bonchev–Trinajstić information content (AvgIpc) is 2.77. The zero-order chi connectivity index (χ0) is 21.6. The fraction of sp³-hybridized carbons (Fsp3) is 0.769. The van der Waals surface area contributed by atoms with Crippen LogP contribution in [-0.2, 0) is 9.53 Å².